The number of pyridine rings is 1. The molecule has 4 aromatic rings. The van der Waals surface area contributed by atoms with Gasteiger partial charge in [0.15, 0.2) is 0 Å². The Bertz CT molecular complexity index is 1080. The first kappa shape index (κ1) is 16.4. The summed E-state index contributed by atoms with van der Waals surface area (Å²) in [6, 6.07) is 29.2. The Morgan fingerprint density at radius 3 is 1.85 bits per heavy atom. The van der Waals surface area contributed by atoms with Crippen molar-refractivity contribution in [2.45, 2.75) is 0 Å². The molecule has 1 aromatic heterocycles. The van der Waals surface area contributed by atoms with Gasteiger partial charge >= 0.3 is 0 Å². The molecule has 0 aliphatic heterocycles. The first-order valence-corrected chi connectivity index (χ1v) is 8.74. The molecule has 126 valence electrons. The summed E-state index contributed by atoms with van der Waals surface area (Å²) in [5.74, 6) is 0. The minimum absolute atomic E-state index is 0.118. The van der Waals surface area contributed by atoms with Crippen LogP contribution in [-0.2, 0) is 0 Å². The fourth-order valence-corrected chi connectivity index (χ4v) is 3.21. The van der Waals surface area contributed by atoms with Crippen LogP contribution in [0.3, 0.4) is 0 Å². The summed E-state index contributed by atoms with van der Waals surface area (Å²) in [4.78, 5) is 16.0. The van der Waals surface area contributed by atoms with E-state index in [0.717, 1.165) is 27.9 Å². The van der Waals surface area contributed by atoms with Crippen LogP contribution in [0.2, 0.25) is 5.02 Å². The second-order valence-electron chi connectivity index (χ2n) is 6.04. The maximum absolute atomic E-state index is 13.0. The SMILES string of the molecule is O=c1[nH]c(-c2ccccc2)cc(-c2ccccc2)c1-c1ccc(Cl)cc1. The number of rotatable bonds is 3. The van der Waals surface area contributed by atoms with Gasteiger partial charge in [-0.1, -0.05) is 84.4 Å². The fraction of sp³-hybridized carbons (Fsp3) is 0. The number of benzene rings is 3. The van der Waals surface area contributed by atoms with Crippen molar-refractivity contribution in [3.8, 4) is 33.5 Å². The molecular formula is C23H16ClNO. The second-order valence-corrected chi connectivity index (χ2v) is 6.48. The highest BCUT2D eigenvalue weighted by Gasteiger charge is 2.14. The fourth-order valence-electron chi connectivity index (χ4n) is 3.08. The Morgan fingerprint density at radius 2 is 1.23 bits per heavy atom. The molecule has 0 unspecified atom stereocenters. The van der Waals surface area contributed by atoms with Crippen molar-refractivity contribution in [3.05, 3.63) is 106 Å². The van der Waals surface area contributed by atoms with Gasteiger partial charge in [-0.15, -0.1) is 0 Å². The van der Waals surface area contributed by atoms with Crippen LogP contribution in [0.4, 0.5) is 0 Å². The number of H-pyrrole nitrogens is 1. The summed E-state index contributed by atoms with van der Waals surface area (Å²) in [7, 11) is 0. The van der Waals surface area contributed by atoms with Gasteiger partial charge in [0.2, 0.25) is 0 Å². The molecule has 0 amide bonds. The summed E-state index contributed by atoms with van der Waals surface area (Å²) in [5, 5.41) is 0.646. The third-order valence-corrected chi connectivity index (χ3v) is 4.59. The van der Waals surface area contributed by atoms with Gasteiger partial charge in [0.25, 0.3) is 5.56 Å². The van der Waals surface area contributed by atoms with E-state index < -0.39 is 0 Å². The van der Waals surface area contributed by atoms with Crippen molar-refractivity contribution >= 4 is 11.6 Å². The van der Waals surface area contributed by atoms with Crippen LogP contribution >= 0.6 is 11.6 Å². The van der Waals surface area contributed by atoms with Crippen molar-refractivity contribution in [1.82, 2.24) is 4.98 Å². The normalized spacial score (nSPS) is 10.7. The topological polar surface area (TPSA) is 32.9 Å². The molecule has 26 heavy (non-hydrogen) atoms. The van der Waals surface area contributed by atoms with Crippen LogP contribution in [-0.4, -0.2) is 4.98 Å². The Kier molecular flexibility index (Phi) is 4.42. The van der Waals surface area contributed by atoms with Crippen LogP contribution < -0.4 is 5.56 Å². The highest BCUT2D eigenvalue weighted by molar-refractivity contribution is 6.30. The highest BCUT2D eigenvalue weighted by Crippen LogP contribution is 2.32. The minimum Gasteiger partial charge on any atom is -0.321 e. The maximum Gasteiger partial charge on any atom is 0.256 e. The smallest absolute Gasteiger partial charge is 0.256 e. The van der Waals surface area contributed by atoms with Gasteiger partial charge in [-0.3, -0.25) is 4.79 Å². The zero-order valence-electron chi connectivity index (χ0n) is 13.9. The predicted molar refractivity (Wildman–Crippen MR) is 108 cm³/mol. The molecule has 0 bridgehead atoms. The average Bonchev–Trinajstić information content (AvgIpc) is 2.70. The van der Waals surface area contributed by atoms with E-state index in [1.54, 1.807) is 12.1 Å². The summed E-state index contributed by atoms with van der Waals surface area (Å²) >= 11 is 6.02. The maximum atomic E-state index is 13.0. The van der Waals surface area contributed by atoms with E-state index in [1.807, 2.05) is 78.9 Å². The molecule has 4 rings (SSSR count). The number of halogens is 1. The molecule has 0 spiro atoms. The summed E-state index contributed by atoms with van der Waals surface area (Å²) in [5.41, 5.74) is 5.04. The third-order valence-electron chi connectivity index (χ3n) is 4.34. The molecule has 0 atom stereocenters. The first-order valence-electron chi connectivity index (χ1n) is 8.36. The van der Waals surface area contributed by atoms with Gasteiger partial charge < -0.3 is 4.98 Å². The Hall–Kier alpha value is -3.10. The quantitative estimate of drug-likeness (QED) is 0.477. The molecule has 1 N–H and O–H groups in total. The van der Waals surface area contributed by atoms with E-state index in [0.29, 0.717) is 10.6 Å². The Labute approximate surface area is 156 Å². The van der Waals surface area contributed by atoms with Crippen molar-refractivity contribution in [3.63, 3.8) is 0 Å². The van der Waals surface area contributed by atoms with Crippen LogP contribution in [0.15, 0.2) is 95.8 Å². The zero-order chi connectivity index (χ0) is 17.9. The number of aromatic amines is 1. The van der Waals surface area contributed by atoms with Crippen molar-refractivity contribution in [2.24, 2.45) is 0 Å². The largest absolute Gasteiger partial charge is 0.321 e. The number of nitrogens with one attached hydrogen (secondary N) is 1. The van der Waals surface area contributed by atoms with Crippen LogP contribution in [0, 0.1) is 0 Å². The van der Waals surface area contributed by atoms with Crippen molar-refractivity contribution in [2.75, 3.05) is 0 Å². The predicted octanol–water partition coefficient (Wildman–Crippen LogP) is 6.03. The molecule has 0 fully saturated rings. The van der Waals surface area contributed by atoms with Crippen LogP contribution in [0.1, 0.15) is 0 Å². The Balaban J connectivity index is 1.99. The first-order chi connectivity index (χ1) is 12.7. The molecule has 1 heterocycles. The average molecular weight is 358 g/mol. The van der Waals surface area contributed by atoms with Crippen LogP contribution in [0.5, 0.6) is 0 Å². The van der Waals surface area contributed by atoms with Crippen LogP contribution in [0.25, 0.3) is 33.5 Å². The molecule has 0 aliphatic rings. The van der Waals surface area contributed by atoms with Gasteiger partial charge in [-0.25, -0.2) is 0 Å². The minimum atomic E-state index is -0.118. The molecule has 0 radical (unpaired) electrons. The van der Waals surface area contributed by atoms with E-state index in [-0.39, 0.29) is 5.56 Å². The molecule has 0 saturated heterocycles. The van der Waals surface area contributed by atoms with Crippen molar-refractivity contribution in [1.29, 1.82) is 0 Å². The number of hydrogen-bond donors (Lipinski definition) is 1. The van der Waals surface area contributed by atoms with Gasteiger partial charge in [-0.2, -0.15) is 0 Å². The number of aromatic nitrogens is 1. The summed E-state index contributed by atoms with van der Waals surface area (Å²) < 4.78 is 0. The molecular weight excluding hydrogens is 342 g/mol. The van der Waals surface area contributed by atoms with Gasteiger partial charge in [0.1, 0.15) is 0 Å². The summed E-state index contributed by atoms with van der Waals surface area (Å²) in [6.45, 7) is 0. The third kappa shape index (κ3) is 3.19. The standard InChI is InChI=1S/C23H16ClNO/c24-19-13-11-18(12-14-19)22-20(16-7-3-1-4-8-16)15-21(25-23(22)26)17-9-5-2-6-10-17/h1-15H,(H,25,26). The van der Waals surface area contributed by atoms with E-state index >= 15 is 0 Å². The lowest BCUT2D eigenvalue weighted by Crippen LogP contribution is -2.11. The Morgan fingerprint density at radius 1 is 0.654 bits per heavy atom. The van der Waals surface area contributed by atoms with Gasteiger partial charge in [0.05, 0.1) is 5.56 Å². The van der Waals surface area contributed by atoms with E-state index in [1.165, 1.54) is 0 Å². The molecule has 0 aliphatic carbocycles. The van der Waals surface area contributed by atoms with Gasteiger partial charge in [-0.05, 0) is 40.5 Å². The lowest BCUT2D eigenvalue weighted by atomic mass is 9.94. The second kappa shape index (κ2) is 7.03. The number of hydrogen-bond acceptors (Lipinski definition) is 1. The lowest BCUT2D eigenvalue weighted by Gasteiger charge is -2.12. The molecule has 0 saturated carbocycles. The highest BCUT2D eigenvalue weighted by atomic mass is 35.5. The zero-order valence-corrected chi connectivity index (χ0v) is 14.7. The van der Waals surface area contributed by atoms with E-state index in [4.69, 9.17) is 11.6 Å². The molecule has 2 nitrogen and oxygen atoms in total. The molecule has 3 heteroatoms. The lowest BCUT2D eigenvalue weighted by molar-refractivity contribution is 1.24. The summed E-state index contributed by atoms with van der Waals surface area (Å²) in [6.07, 6.45) is 0. The molecule has 3 aromatic carbocycles. The van der Waals surface area contributed by atoms with E-state index in [9.17, 15) is 4.79 Å². The van der Waals surface area contributed by atoms with Crippen molar-refractivity contribution < 1.29 is 0 Å². The van der Waals surface area contributed by atoms with Gasteiger partial charge in [0, 0.05) is 10.7 Å². The monoisotopic (exact) mass is 357 g/mol. The van der Waals surface area contributed by atoms with E-state index in [2.05, 4.69) is 4.98 Å².